The van der Waals surface area contributed by atoms with Crippen molar-refractivity contribution in [3.63, 3.8) is 0 Å². The molecule has 1 aromatic heterocycles. The fraction of sp³-hybridized carbons (Fsp3) is 0.381. The Morgan fingerprint density at radius 3 is 2.55 bits per heavy atom. The second kappa shape index (κ2) is 6.50. The first-order valence-corrected chi connectivity index (χ1v) is 9.44. The van der Waals surface area contributed by atoms with Gasteiger partial charge in [0.05, 0.1) is 6.54 Å². The molecule has 1 aliphatic carbocycles. The summed E-state index contributed by atoms with van der Waals surface area (Å²) in [6.07, 6.45) is 2.13. The van der Waals surface area contributed by atoms with Crippen LogP contribution in [-0.4, -0.2) is 33.7 Å². The number of rotatable bonds is 5. The Bertz CT molecular complexity index is 1060. The smallest absolute Gasteiger partial charge is 0.325 e. The number of amides is 3. The molecule has 1 N–H and O–H groups in total. The number of Topliss-reactive ketones (excluding diaryl/α,β-unsaturated/α-hetero) is 1. The molecule has 29 heavy (non-hydrogen) atoms. The van der Waals surface area contributed by atoms with Gasteiger partial charge in [0, 0.05) is 28.6 Å². The summed E-state index contributed by atoms with van der Waals surface area (Å²) < 4.78 is 30.0. The fourth-order valence-electron chi connectivity index (χ4n) is 4.09. The molecule has 152 valence electrons. The lowest BCUT2D eigenvalue weighted by Crippen LogP contribution is -2.42. The van der Waals surface area contributed by atoms with E-state index in [4.69, 9.17) is 0 Å². The molecule has 1 aromatic carbocycles. The van der Waals surface area contributed by atoms with E-state index in [-0.39, 0.29) is 11.3 Å². The van der Waals surface area contributed by atoms with Gasteiger partial charge in [0.2, 0.25) is 0 Å². The number of nitrogens with zero attached hydrogens (tertiary/aromatic N) is 2. The lowest BCUT2D eigenvalue weighted by Gasteiger charge is -2.22. The normalized spacial score (nSPS) is 21.6. The highest BCUT2D eigenvalue weighted by molar-refractivity contribution is 6.11. The third-order valence-electron chi connectivity index (χ3n) is 5.74. The van der Waals surface area contributed by atoms with Crippen molar-refractivity contribution in [2.75, 3.05) is 6.54 Å². The molecule has 4 rings (SSSR count). The Hall–Kier alpha value is -3.03. The SMILES string of the molecule is Cc1cc(C(=O)CN2C(=O)N[C@](C)(c3cc(F)ccc3F)C2=O)c(C)n1C1CC1. The minimum atomic E-state index is -1.78. The minimum Gasteiger partial charge on any atom is -0.345 e. The Balaban J connectivity index is 1.61. The molecule has 0 unspecified atom stereocenters. The van der Waals surface area contributed by atoms with Crippen molar-refractivity contribution >= 4 is 17.7 Å². The monoisotopic (exact) mass is 401 g/mol. The number of imide groups is 1. The number of carbonyl (C=O) groups is 3. The van der Waals surface area contributed by atoms with Crippen LogP contribution in [0, 0.1) is 25.5 Å². The van der Waals surface area contributed by atoms with Gasteiger partial charge in [-0.15, -0.1) is 0 Å². The second-order valence-electron chi connectivity index (χ2n) is 7.88. The molecule has 1 aliphatic heterocycles. The van der Waals surface area contributed by atoms with Gasteiger partial charge in [0.15, 0.2) is 5.78 Å². The Labute approximate surface area is 166 Å². The van der Waals surface area contributed by atoms with Gasteiger partial charge < -0.3 is 9.88 Å². The number of benzene rings is 1. The predicted molar refractivity (Wildman–Crippen MR) is 100 cm³/mol. The molecule has 2 aromatic rings. The molecule has 0 radical (unpaired) electrons. The molecule has 2 aliphatic rings. The maximum absolute atomic E-state index is 14.2. The molecule has 1 saturated carbocycles. The summed E-state index contributed by atoms with van der Waals surface area (Å²) in [5, 5.41) is 2.40. The topological polar surface area (TPSA) is 71.4 Å². The number of aromatic nitrogens is 1. The van der Waals surface area contributed by atoms with E-state index in [1.807, 2.05) is 13.8 Å². The molecule has 8 heteroatoms. The highest BCUT2D eigenvalue weighted by Gasteiger charge is 2.51. The first-order chi connectivity index (χ1) is 13.6. The summed E-state index contributed by atoms with van der Waals surface area (Å²) in [6, 6.07) is 4.05. The van der Waals surface area contributed by atoms with E-state index >= 15 is 0 Å². The van der Waals surface area contributed by atoms with Crippen LogP contribution >= 0.6 is 0 Å². The van der Waals surface area contributed by atoms with Gasteiger partial charge in [0.1, 0.15) is 17.2 Å². The summed E-state index contributed by atoms with van der Waals surface area (Å²) in [4.78, 5) is 39.0. The quantitative estimate of drug-likeness (QED) is 0.617. The lowest BCUT2D eigenvalue weighted by molar-refractivity contribution is -0.130. The zero-order valence-electron chi connectivity index (χ0n) is 16.4. The van der Waals surface area contributed by atoms with Gasteiger partial charge in [-0.1, -0.05) is 0 Å². The standard InChI is InChI=1S/C21H21F2N3O3/c1-11-8-15(12(2)26(11)14-5-6-14)18(27)10-25-19(28)21(3,24-20(25)29)16-9-13(22)4-7-17(16)23/h4,7-9,14H,5-6,10H2,1-3H3,(H,24,29)/t21-/m1/s1. The molecule has 1 atom stereocenters. The van der Waals surface area contributed by atoms with Crippen molar-refractivity contribution in [2.24, 2.45) is 0 Å². The van der Waals surface area contributed by atoms with Gasteiger partial charge in [-0.3, -0.25) is 14.5 Å². The second-order valence-corrected chi connectivity index (χ2v) is 7.88. The van der Waals surface area contributed by atoms with Crippen molar-refractivity contribution < 1.29 is 23.2 Å². The Morgan fingerprint density at radius 2 is 1.90 bits per heavy atom. The molecule has 0 spiro atoms. The average molecular weight is 401 g/mol. The fourth-order valence-corrected chi connectivity index (χ4v) is 4.09. The maximum Gasteiger partial charge on any atom is 0.325 e. The van der Waals surface area contributed by atoms with Crippen molar-refractivity contribution in [3.05, 3.63) is 58.4 Å². The maximum atomic E-state index is 14.2. The number of carbonyl (C=O) groups excluding carboxylic acids is 3. The van der Waals surface area contributed by atoms with Gasteiger partial charge in [-0.25, -0.2) is 13.6 Å². The number of ketones is 1. The number of aryl methyl sites for hydroxylation is 1. The number of hydrogen-bond acceptors (Lipinski definition) is 3. The van der Waals surface area contributed by atoms with Crippen molar-refractivity contribution in [1.29, 1.82) is 0 Å². The van der Waals surface area contributed by atoms with Crippen LogP contribution in [0.25, 0.3) is 0 Å². The number of urea groups is 1. The van der Waals surface area contributed by atoms with Crippen molar-refractivity contribution in [2.45, 2.75) is 45.2 Å². The molecule has 0 bridgehead atoms. The van der Waals surface area contributed by atoms with Crippen LogP contribution in [0.2, 0.25) is 0 Å². The largest absolute Gasteiger partial charge is 0.345 e. The summed E-state index contributed by atoms with van der Waals surface area (Å²) in [5.74, 6) is -2.72. The zero-order valence-corrected chi connectivity index (χ0v) is 16.4. The van der Waals surface area contributed by atoms with Crippen LogP contribution in [0.5, 0.6) is 0 Å². The summed E-state index contributed by atoms with van der Waals surface area (Å²) in [6.45, 7) is 4.59. The number of nitrogens with one attached hydrogen (secondary N) is 1. The average Bonchev–Trinajstić information content (AvgIpc) is 3.41. The highest BCUT2D eigenvalue weighted by atomic mass is 19.1. The number of hydrogen-bond donors (Lipinski definition) is 1. The van der Waals surface area contributed by atoms with Crippen LogP contribution in [0.4, 0.5) is 13.6 Å². The Kier molecular flexibility index (Phi) is 4.33. The third kappa shape index (κ3) is 3.03. The first kappa shape index (κ1) is 19.3. The molecular formula is C21H21F2N3O3. The predicted octanol–water partition coefficient (Wildman–Crippen LogP) is 3.37. The van der Waals surface area contributed by atoms with Crippen LogP contribution < -0.4 is 5.32 Å². The molecule has 1 saturated heterocycles. The van der Waals surface area contributed by atoms with E-state index in [0.29, 0.717) is 11.6 Å². The van der Waals surface area contributed by atoms with Crippen molar-refractivity contribution in [1.82, 2.24) is 14.8 Å². The summed E-state index contributed by atoms with van der Waals surface area (Å²) >= 11 is 0. The zero-order chi connectivity index (χ0) is 21.1. The number of halogens is 2. The van der Waals surface area contributed by atoms with E-state index in [0.717, 1.165) is 47.3 Å². The van der Waals surface area contributed by atoms with E-state index in [1.54, 1.807) is 6.07 Å². The van der Waals surface area contributed by atoms with Gasteiger partial charge in [-0.05, 0) is 57.9 Å². The van der Waals surface area contributed by atoms with Gasteiger partial charge >= 0.3 is 6.03 Å². The van der Waals surface area contributed by atoms with E-state index in [1.165, 1.54) is 6.92 Å². The van der Waals surface area contributed by atoms with Crippen LogP contribution in [0.15, 0.2) is 24.3 Å². The molecule has 2 fully saturated rings. The molecule has 2 heterocycles. The van der Waals surface area contributed by atoms with Crippen LogP contribution in [0.3, 0.4) is 0 Å². The van der Waals surface area contributed by atoms with Gasteiger partial charge in [0.25, 0.3) is 5.91 Å². The summed E-state index contributed by atoms with van der Waals surface area (Å²) in [7, 11) is 0. The van der Waals surface area contributed by atoms with Gasteiger partial charge in [-0.2, -0.15) is 0 Å². The third-order valence-corrected chi connectivity index (χ3v) is 5.74. The summed E-state index contributed by atoms with van der Waals surface area (Å²) in [5.41, 5.74) is 0.158. The Morgan fingerprint density at radius 1 is 1.21 bits per heavy atom. The molecular weight excluding hydrogens is 380 g/mol. The lowest BCUT2D eigenvalue weighted by atomic mass is 9.91. The first-order valence-electron chi connectivity index (χ1n) is 9.44. The molecule has 3 amide bonds. The van der Waals surface area contributed by atoms with Crippen molar-refractivity contribution in [3.8, 4) is 0 Å². The highest BCUT2D eigenvalue weighted by Crippen LogP contribution is 2.38. The van der Waals surface area contributed by atoms with E-state index in [2.05, 4.69) is 9.88 Å². The van der Waals surface area contributed by atoms with E-state index < -0.39 is 35.7 Å². The molecule has 6 nitrogen and oxygen atoms in total. The van der Waals surface area contributed by atoms with E-state index in [9.17, 15) is 23.2 Å². The van der Waals surface area contributed by atoms with Crippen LogP contribution in [0.1, 0.15) is 53.1 Å². The minimum absolute atomic E-state index is 0.280. The van der Waals surface area contributed by atoms with Crippen LogP contribution in [-0.2, 0) is 10.3 Å².